The molecule has 2 atom stereocenters. The summed E-state index contributed by atoms with van der Waals surface area (Å²) >= 11 is 0. The van der Waals surface area contributed by atoms with Gasteiger partial charge in [-0.05, 0) is 40.0 Å². The Labute approximate surface area is 176 Å². The van der Waals surface area contributed by atoms with Crippen molar-refractivity contribution in [1.29, 1.82) is 0 Å². The van der Waals surface area contributed by atoms with E-state index < -0.39 is 0 Å². The molecule has 7 rings (SSSR count). The van der Waals surface area contributed by atoms with Gasteiger partial charge in [-0.1, -0.05) is 74.5 Å². The summed E-state index contributed by atoms with van der Waals surface area (Å²) in [5.41, 5.74) is 10.5. The molecule has 2 nitrogen and oxygen atoms in total. The van der Waals surface area contributed by atoms with Gasteiger partial charge in [0.2, 0.25) is 0 Å². The van der Waals surface area contributed by atoms with Gasteiger partial charge in [0, 0.05) is 23.8 Å². The van der Waals surface area contributed by atoms with Gasteiger partial charge in [-0.25, -0.2) is 0 Å². The number of allylic oxidation sites excluding steroid dienone is 2. The first-order valence-electron chi connectivity index (χ1n) is 10.8. The van der Waals surface area contributed by atoms with E-state index in [2.05, 4.69) is 92.5 Å². The van der Waals surface area contributed by atoms with Crippen LogP contribution in [-0.2, 0) is 5.41 Å². The lowest BCUT2D eigenvalue weighted by molar-refractivity contribution is 0.637. The Kier molecular flexibility index (Phi) is 2.90. The molecule has 0 spiro atoms. The zero-order chi connectivity index (χ0) is 20.2. The van der Waals surface area contributed by atoms with Crippen molar-refractivity contribution < 1.29 is 4.42 Å². The molecule has 0 amide bonds. The molecular formula is C28H23NO. The van der Waals surface area contributed by atoms with E-state index in [4.69, 9.17) is 4.42 Å². The molecule has 0 saturated carbocycles. The first kappa shape index (κ1) is 16.5. The number of rotatable bonds is 0. The molecule has 0 fully saturated rings. The van der Waals surface area contributed by atoms with Gasteiger partial charge >= 0.3 is 0 Å². The zero-order valence-electron chi connectivity index (χ0n) is 17.4. The van der Waals surface area contributed by atoms with E-state index in [0.29, 0.717) is 12.0 Å². The Morgan fingerprint density at radius 3 is 2.57 bits per heavy atom. The minimum atomic E-state index is 0.0428. The fraction of sp³-hybridized carbons (Fsp3) is 0.214. The summed E-state index contributed by atoms with van der Waals surface area (Å²) < 4.78 is 6.18. The number of hydrogen-bond donors (Lipinski definition) is 0. The van der Waals surface area contributed by atoms with Crippen LogP contribution in [0.5, 0.6) is 0 Å². The number of hydrogen-bond acceptors (Lipinski definition) is 2. The summed E-state index contributed by atoms with van der Waals surface area (Å²) in [6.07, 6.45) is 5.07. The third-order valence-corrected chi connectivity index (χ3v) is 7.61. The number of benzene rings is 3. The van der Waals surface area contributed by atoms with E-state index in [9.17, 15) is 0 Å². The van der Waals surface area contributed by atoms with Gasteiger partial charge in [-0.2, -0.15) is 0 Å². The van der Waals surface area contributed by atoms with E-state index in [1.54, 1.807) is 0 Å². The lowest BCUT2D eigenvalue weighted by Crippen LogP contribution is -2.31. The monoisotopic (exact) mass is 389 g/mol. The quantitative estimate of drug-likeness (QED) is 0.329. The smallest absolute Gasteiger partial charge is 0.137 e. The Bertz CT molecular complexity index is 1450. The number of likely N-dealkylation sites (N-methyl/N-ethyl adjacent to an activating group) is 1. The molecule has 1 aromatic heterocycles. The number of para-hydroxylation sites is 1. The number of anilines is 1. The van der Waals surface area contributed by atoms with Crippen LogP contribution in [0, 0.1) is 0 Å². The average molecular weight is 389 g/mol. The summed E-state index contributed by atoms with van der Waals surface area (Å²) in [7, 11) is 2.24. The number of furan rings is 1. The van der Waals surface area contributed by atoms with Gasteiger partial charge in [0.1, 0.15) is 11.2 Å². The van der Waals surface area contributed by atoms with E-state index in [-0.39, 0.29) is 5.41 Å². The second-order valence-corrected chi connectivity index (χ2v) is 9.43. The van der Waals surface area contributed by atoms with Crippen molar-refractivity contribution in [2.75, 3.05) is 11.9 Å². The molecule has 3 aliphatic rings. The van der Waals surface area contributed by atoms with Crippen LogP contribution in [0.15, 0.2) is 82.8 Å². The maximum Gasteiger partial charge on any atom is 0.137 e. The van der Waals surface area contributed by atoms with Crippen LogP contribution in [0.2, 0.25) is 0 Å². The minimum absolute atomic E-state index is 0.0428. The minimum Gasteiger partial charge on any atom is -0.456 e. The zero-order valence-corrected chi connectivity index (χ0v) is 17.4. The maximum absolute atomic E-state index is 6.18. The Morgan fingerprint density at radius 2 is 1.67 bits per heavy atom. The Balaban J connectivity index is 1.50. The van der Waals surface area contributed by atoms with Crippen LogP contribution >= 0.6 is 0 Å². The number of fused-ring (bicyclic) bond motifs is 10. The van der Waals surface area contributed by atoms with Crippen LogP contribution < -0.4 is 4.90 Å². The van der Waals surface area contributed by atoms with Crippen molar-refractivity contribution in [1.82, 2.24) is 0 Å². The number of nitrogens with zero attached hydrogens (tertiary/aromatic N) is 1. The summed E-state index contributed by atoms with van der Waals surface area (Å²) in [6, 6.07) is 22.1. The van der Waals surface area contributed by atoms with Crippen molar-refractivity contribution in [3.05, 3.63) is 95.1 Å². The highest BCUT2D eigenvalue weighted by atomic mass is 16.3. The van der Waals surface area contributed by atoms with Gasteiger partial charge in [-0.15, -0.1) is 0 Å². The van der Waals surface area contributed by atoms with Gasteiger partial charge in [-0.3, -0.25) is 0 Å². The molecule has 146 valence electrons. The van der Waals surface area contributed by atoms with Crippen LogP contribution in [0.3, 0.4) is 0 Å². The fourth-order valence-electron chi connectivity index (χ4n) is 6.16. The molecule has 0 bridgehead atoms. The molecule has 0 saturated heterocycles. The van der Waals surface area contributed by atoms with Crippen LogP contribution in [0.4, 0.5) is 5.69 Å². The lowest BCUT2D eigenvalue weighted by Gasteiger charge is -2.30. The van der Waals surface area contributed by atoms with Crippen molar-refractivity contribution in [3.63, 3.8) is 0 Å². The predicted octanol–water partition coefficient (Wildman–Crippen LogP) is 6.80. The molecule has 30 heavy (non-hydrogen) atoms. The summed E-state index contributed by atoms with van der Waals surface area (Å²) in [6.45, 7) is 4.73. The summed E-state index contributed by atoms with van der Waals surface area (Å²) in [5.74, 6) is 0.371. The fourth-order valence-corrected chi connectivity index (χ4v) is 6.16. The van der Waals surface area contributed by atoms with E-state index >= 15 is 0 Å². The van der Waals surface area contributed by atoms with E-state index in [1.807, 2.05) is 6.07 Å². The van der Waals surface area contributed by atoms with Crippen LogP contribution in [0.1, 0.15) is 36.5 Å². The first-order valence-corrected chi connectivity index (χ1v) is 10.8. The van der Waals surface area contributed by atoms with Gasteiger partial charge < -0.3 is 9.32 Å². The van der Waals surface area contributed by atoms with E-state index in [1.165, 1.54) is 44.3 Å². The topological polar surface area (TPSA) is 16.4 Å². The second-order valence-electron chi connectivity index (χ2n) is 9.43. The molecule has 3 aromatic carbocycles. The molecule has 2 heterocycles. The van der Waals surface area contributed by atoms with Crippen molar-refractivity contribution in [2.24, 2.45) is 0 Å². The molecule has 0 radical (unpaired) electrons. The molecule has 2 heteroatoms. The third-order valence-electron chi connectivity index (χ3n) is 7.61. The van der Waals surface area contributed by atoms with Crippen molar-refractivity contribution >= 4 is 33.2 Å². The normalized spacial score (nSPS) is 23.1. The lowest BCUT2D eigenvalue weighted by atomic mass is 9.76. The second kappa shape index (κ2) is 5.26. The highest BCUT2D eigenvalue weighted by molar-refractivity contribution is 6.13. The first-order chi connectivity index (χ1) is 14.6. The van der Waals surface area contributed by atoms with Gasteiger partial charge in [0.05, 0.1) is 17.1 Å². The largest absolute Gasteiger partial charge is 0.456 e. The predicted molar refractivity (Wildman–Crippen MR) is 124 cm³/mol. The Hall–Kier alpha value is -3.26. The molecular weight excluding hydrogens is 366 g/mol. The SMILES string of the molecule is CN1c2c(ccc3oc4ccccc4c23)C2C=C3C(=CC21)c1ccccc1C3(C)C. The van der Waals surface area contributed by atoms with E-state index in [0.717, 1.165) is 11.2 Å². The summed E-state index contributed by atoms with van der Waals surface area (Å²) in [5, 5.41) is 2.46. The molecule has 2 aliphatic carbocycles. The highest BCUT2D eigenvalue weighted by Gasteiger charge is 2.45. The molecule has 4 aromatic rings. The molecule has 2 unspecified atom stereocenters. The highest BCUT2D eigenvalue weighted by Crippen LogP contribution is 2.57. The van der Waals surface area contributed by atoms with Crippen molar-refractivity contribution in [2.45, 2.75) is 31.2 Å². The standard InChI is InChI=1S/C28H23NO/c1-28(2)21-10-6-4-8-16(21)19-15-23-20(14-22(19)28)17-12-13-25-26(27(17)29(23)3)18-9-5-7-11-24(18)30-25/h4-15,20,23H,1-3H3. The van der Waals surface area contributed by atoms with Crippen LogP contribution in [-0.4, -0.2) is 13.1 Å². The summed E-state index contributed by atoms with van der Waals surface area (Å²) in [4.78, 5) is 2.47. The Morgan fingerprint density at radius 1 is 0.867 bits per heavy atom. The average Bonchev–Trinajstić information content (AvgIpc) is 3.35. The maximum atomic E-state index is 6.18. The van der Waals surface area contributed by atoms with Crippen molar-refractivity contribution in [3.8, 4) is 0 Å². The molecule has 0 N–H and O–H groups in total. The van der Waals surface area contributed by atoms with Crippen LogP contribution in [0.25, 0.3) is 27.5 Å². The van der Waals surface area contributed by atoms with Gasteiger partial charge in [0.15, 0.2) is 0 Å². The molecule has 1 aliphatic heterocycles. The van der Waals surface area contributed by atoms with Gasteiger partial charge in [0.25, 0.3) is 0 Å². The third kappa shape index (κ3) is 1.81.